The van der Waals surface area contributed by atoms with E-state index in [1.165, 1.54) is 5.56 Å². The van der Waals surface area contributed by atoms with E-state index in [2.05, 4.69) is 29.1 Å². The number of aryl methyl sites for hydroxylation is 2. The van der Waals surface area contributed by atoms with Crippen molar-refractivity contribution in [2.24, 2.45) is 5.41 Å². The average molecular weight is 498 g/mol. The zero-order valence-corrected chi connectivity index (χ0v) is 20.0. The summed E-state index contributed by atoms with van der Waals surface area (Å²) in [7, 11) is 0. The van der Waals surface area contributed by atoms with Gasteiger partial charge in [0.1, 0.15) is 5.76 Å². The fourth-order valence-electron chi connectivity index (χ4n) is 4.56. The number of aromatic nitrogens is 1. The van der Waals surface area contributed by atoms with Crippen molar-refractivity contribution in [3.63, 3.8) is 0 Å². The summed E-state index contributed by atoms with van der Waals surface area (Å²) in [6, 6.07) is 10.3. The lowest BCUT2D eigenvalue weighted by Crippen LogP contribution is -2.41. The Kier molecular flexibility index (Phi) is 8.22. The molecule has 2 unspecified atom stereocenters. The number of ether oxygens (including phenoxy) is 1. The molecule has 1 N–H and O–H groups in total. The van der Waals surface area contributed by atoms with Crippen LogP contribution in [-0.4, -0.2) is 71.0 Å². The van der Waals surface area contributed by atoms with E-state index in [4.69, 9.17) is 19.2 Å². The molecule has 35 heavy (non-hydrogen) atoms. The molecule has 3 heterocycles. The number of benzene rings is 1. The van der Waals surface area contributed by atoms with Crippen LogP contribution in [0.15, 0.2) is 34.9 Å². The number of rotatable bonds is 4. The van der Waals surface area contributed by atoms with Gasteiger partial charge in [-0.05, 0) is 26.3 Å². The summed E-state index contributed by atoms with van der Waals surface area (Å²) in [6.45, 7) is 10.6. The van der Waals surface area contributed by atoms with Crippen molar-refractivity contribution in [1.82, 2.24) is 15.0 Å². The summed E-state index contributed by atoms with van der Waals surface area (Å²) < 4.78 is 43.0. The number of hydrogen-bond acceptors (Lipinski definition) is 6. The Morgan fingerprint density at radius 2 is 1.89 bits per heavy atom. The largest absolute Gasteiger partial charge is 0.490 e. The Morgan fingerprint density at radius 1 is 1.23 bits per heavy atom. The summed E-state index contributed by atoms with van der Waals surface area (Å²) >= 11 is 0. The smallest absolute Gasteiger partial charge is 0.475 e. The van der Waals surface area contributed by atoms with Crippen LogP contribution >= 0.6 is 0 Å². The van der Waals surface area contributed by atoms with Gasteiger partial charge in [0.15, 0.2) is 0 Å². The van der Waals surface area contributed by atoms with Gasteiger partial charge in [-0.25, -0.2) is 4.79 Å². The minimum absolute atomic E-state index is 0.0762. The fourth-order valence-corrected chi connectivity index (χ4v) is 4.56. The maximum Gasteiger partial charge on any atom is 0.490 e. The van der Waals surface area contributed by atoms with Gasteiger partial charge in [-0.1, -0.05) is 35.5 Å². The lowest BCUT2D eigenvalue weighted by molar-refractivity contribution is -0.192. The molecule has 1 aromatic carbocycles. The Morgan fingerprint density at radius 3 is 2.46 bits per heavy atom. The molecule has 4 rings (SSSR count). The number of aliphatic carboxylic acids is 1. The molecular weight excluding hydrogens is 467 g/mol. The van der Waals surface area contributed by atoms with Crippen LogP contribution in [0.5, 0.6) is 0 Å². The van der Waals surface area contributed by atoms with E-state index < -0.39 is 12.1 Å². The summed E-state index contributed by atoms with van der Waals surface area (Å²) in [5.74, 6) is -1.66. The van der Waals surface area contributed by atoms with Crippen LogP contribution in [0.1, 0.15) is 42.0 Å². The predicted octanol–water partition coefficient (Wildman–Crippen LogP) is 3.74. The van der Waals surface area contributed by atoms with Crippen LogP contribution in [0.4, 0.5) is 13.2 Å². The maximum atomic E-state index is 12.9. The number of amides is 1. The standard InChI is InChI=1S/C22H29N3O3.C2HF3O2/c1-16-20(18(3)28-23-16)12-24-9-10-27-15-22(13-24)11-21(26)25(14-22)17(2)19-7-5-4-6-8-19;3-2(4,5)1(6)7/h4-8,17H,9-15H2,1-3H3;(H,6,7). The van der Waals surface area contributed by atoms with E-state index in [1.54, 1.807) is 0 Å². The number of nitrogens with zero attached hydrogens (tertiary/aromatic N) is 3. The topological polar surface area (TPSA) is 96.1 Å². The molecule has 1 aromatic heterocycles. The molecule has 2 saturated heterocycles. The second-order valence-corrected chi connectivity index (χ2v) is 9.15. The lowest BCUT2D eigenvalue weighted by Gasteiger charge is -2.32. The summed E-state index contributed by atoms with van der Waals surface area (Å²) in [5.41, 5.74) is 3.11. The Hall–Kier alpha value is -2.92. The van der Waals surface area contributed by atoms with Crippen molar-refractivity contribution >= 4 is 11.9 Å². The molecule has 2 atom stereocenters. The molecule has 2 aliphatic rings. The second kappa shape index (κ2) is 10.8. The van der Waals surface area contributed by atoms with Crippen molar-refractivity contribution in [2.45, 2.75) is 46.0 Å². The van der Waals surface area contributed by atoms with Crippen LogP contribution < -0.4 is 0 Å². The van der Waals surface area contributed by atoms with Crippen molar-refractivity contribution in [3.8, 4) is 0 Å². The highest BCUT2D eigenvalue weighted by molar-refractivity contribution is 5.80. The van der Waals surface area contributed by atoms with Crippen LogP contribution in [0.3, 0.4) is 0 Å². The average Bonchev–Trinajstić information content (AvgIpc) is 3.20. The van der Waals surface area contributed by atoms with Gasteiger partial charge >= 0.3 is 12.1 Å². The Labute approximate surface area is 201 Å². The highest BCUT2D eigenvalue weighted by Gasteiger charge is 2.47. The number of carbonyl (C=O) groups excluding carboxylic acids is 1. The molecule has 0 saturated carbocycles. The van der Waals surface area contributed by atoms with E-state index >= 15 is 0 Å². The number of carboxylic acid groups (broad SMARTS) is 1. The third-order valence-electron chi connectivity index (χ3n) is 6.43. The molecule has 0 aliphatic carbocycles. The molecule has 192 valence electrons. The summed E-state index contributed by atoms with van der Waals surface area (Å²) in [5, 5.41) is 11.2. The first-order chi connectivity index (χ1) is 16.4. The van der Waals surface area contributed by atoms with Crippen molar-refractivity contribution < 1.29 is 37.1 Å². The van der Waals surface area contributed by atoms with Crippen molar-refractivity contribution in [3.05, 3.63) is 52.9 Å². The number of carbonyl (C=O) groups is 2. The second-order valence-electron chi connectivity index (χ2n) is 9.15. The monoisotopic (exact) mass is 497 g/mol. The molecule has 0 bridgehead atoms. The van der Waals surface area contributed by atoms with Gasteiger partial charge in [-0.15, -0.1) is 0 Å². The lowest BCUT2D eigenvalue weighted by atomic mass is 9.87. The zero-order chi connectivity index (χ0) is 25.8. The Bertz CT molecular complexity index is 1010. The van der Waals surface area contributed by atoms with E-state index in [0.717, 1.165) is 43.2 Å². The predicted molar refractivity (Wildman–Crippen MR) is 119 cm³/mol. The minimum atomic E-state index is -5.08. The van der Waals surface area contributed by atoms with Gasteiger partial charge < -0.3 is 19.3 Å². The zero-order valence-electron chi connectivity index (χ0n) is 20.0. The summed E-state index contributed by atoms with van der Waals surface area (Å²) in [4.78, 5) is 26.2. The molecular formula is C24H30F3N3O5. The number of alkyl halides is 3. The first-order valence-electron chi connectivity index (χ1n) is 11.3. The molecule has 8 nitrogen and oxygen atoms in total. The van der Waals surface area contributed by atoms with Gasteiger partial charge in [0.2, 0.25) is 5.91 Å². The van der Waals surface area contributed by atoms with E-state index in [1.807, 2.05) is 36.9 Å². The third-order valence-corrected chi connectivity index (χ3v) is 6.43. The molecule has 1 spiro atoms. The highest BCUT2D eigenvalue weighted by Crippen LogP contribution is 2.39. The van der Waals surface area contributed by atoms with Crippen LogP contribution in [0, 0.1) is 19.3 Å². The van der Waals surface area contributed by atoms with Crippen molar-refractivity contribution in [1.29, 1.82) is 0 Å². The number of hydrogen-bond donors (Lipinski definition) is 1. The van der Waals surface area contributed by atoms with Gasteiger partial charge in [-0.3, -0.25) is 9.69 Å². The maximum absolute atomic E-state index is 12.9. The quantitative estimate of drug-likeness (QED) is 0.688. The molecule has 2 fully saturated rings. The molecule has 1 amide bonds. The molecule has 11 heteroatoms. The van der Waals surface area contributed by atoms with Gasteiger partial charge in [0, 0.05) is 43.6 Å². The number of carboxylic acids is 1. The Balaban J connectivity index is 0.000000429. The number of likely N-dealkylation sites (tertiary alicyclic amines) is 1. The van der Waals surface area contributed by atoms with Gasteiger partial charge in [0.05, 0.1) is 24.9 Å². The fraction of sp³-hybridized carbons (Fsp3) is 0.542. The summed E-state index contributed by atoms with van der Waals surface area (Å²) in [6.07, 6.45) is -4.54. The SMILES string of the molecule is Cc1noc(C)c1CN1CCOCC2(CC(=O)N(C(C)c3ccccc3)C2)C1.O=C(O)C(F)(F)F. The number of halogens is 3. The highest BCUT2D eigenvalue weighted by atomic mass is 19.4. The first-order valence-corrected chi connectivity index (χ1v) is 11.3. The van der Waals surface area contributed by atoms with E-state index in [9.17, 15) is 18.0 Å². The molecule has 0 radical (unpaired) electrons. The van der Waals surface area contributed by atoms with Crippen LogP contribution in [-0.2, 0) is 20.9 Å². The molecule has 2 aliphatic heterocycles. The van der Waals surface area contributed by atoms with Crippen LogP contribution in [0.2, 0.25) is 0 Å². The third kappa shape index (κ3) is 6.61. The van der Waals surface area contributed by atoms with E-state index in [-0.39, 0.29) is 17.4 Å². The van der Waals surface area contributed by atoms with Gasteiger partial charge in [0.25, 0.3) is 0 Å². The first kappa shape index (κ1) is 26.7. The van der Waals surface area contributed by atoms with Crippen LogP contribution in [0.25, 0.3) is 0 Å². The van der Waals surface area contributed by atoms with Gasteiger partial charge in [-0.2, -0.15) is 13.2 Å². The van der Waals surface area contributed by atoms with E-state index in [0.29, 0.717) is 19.6 Å². The minimum Gasteiger partial charge on any atom is -0.475 e. The molecule has 2 aromatic rings. The normalized spacial score (nSPS) is 22.0. The van der Waals surface area contributed by atoms with Crippen molar-refractivity contribution in [2.75, 3.05) is 32.8 Å².